The summed E-state index contributed by atoms with van der Waals surface area (Å²) in [7, 11) is 3.29. The summed E-state index contributed by atoms with van der Waals surface area (Å²) in [5, 5.41) is 0. The van der Waals surface area contributed by atoms with E-state index in [0.29, 0.717) is 17.7 Å². The number of alkyl halides is 1. The predicted molar refractivity (Wildman–Crippen MR) is 86.9 cm³/mol. The second-order valence-corrected chi connectivity index (χ2v) is 5.38. The number of ether oxygens (including phenoxy) is 2. The van der Waals surface area contributed by atoms with Crippen molar-refractivity contribution in [3.8, 4) is 11.5 Å². The summed E-state index contributed by atoms with van der Waals surface area (Å²) in [6.07, 6.45) is 2.88. The molecule has 0 radical (unpaired) electrons. The van der Waals surface area contributed by atoms with E-state index in [0.717, 1.165) is 41.9 Å². The molecule has 1 aromatic heterocycles. The maximum atomic E-state index is 5.94. The van der Waals surface area contributed by atoms with Gasteiger partial charge in [0.25, 0.3) is 0 Å². The molecule has 0 saturated carbocycles. The van der Waals surface area contributed by atoms with Crippen LogP contribution in [0.4, 0.5) is 0 Å². The molecule has 1 aromatic carbocycles. The molecule has 21 heavy (non-hydrogen) atoms. The largest absolute Gasteiger partial charge is 0.493 e. The Morgan fingerprint density at radius 2 is 1.76 bits per heavy atom. The first kappa shape index (κ1) is 16.0. The number of imidazole rings is 1. The van der Waals surface area contributed by atoms with Gasteiger partial charge < -0.3 is 14.0 Å². The Kier molecular flexibility index (Phi) is 5.34. The third-order valence-corrected chi connectivity index (χ3v) is 4.08. The number of aryl methyl sites for hydroxylation is 1. The highest BCUT2D eigenvalue weighted by Gasteiger charge is 2.19. The highest BCUT2D eigenvalue weighted by atomic mass is 35.5. The van der Waals surface area contributed by atoms with Gasteiger partial charge in [-0.1, -0.05) is 13.8 Å². The van der Waals surface area contributed by atoms with Crippen LogP contribution in [-0.2, 0) is 6.42 Å². The Morgan fingerprint density at radius 1 is 1.14 bits per heavy atom. The zero-order valence-electron chi connectivity index (χ0n) is 13.1. The number of aromatic nitrogens is 2. The third kappa shape index (κ3) is 2.95. The Labute approximate surface area is 131 Å². The number of hydrogen-bond donors (Lipinski definition) is 0. The smallest absolute Gasteiger partial charge is 0.163 e. The highest BCUT2D eigenvalue weighted by Crippen LogP contribution is 2.35. The molecule has 0 bridgehead atoms. The van der Waals surface area contributed by atoms with E-state index >= 15 is 0 Å². The second kappa shape index (κ2) is 7.03. The molecule has 1 heterocycles. The fraction of sp³-hybridized carbons (Fsp3) is 0.562. The van der Waals surface area contributed by atoms with E-state index in [1.165, 1.54) is 0 Å². The SMILES string of the molecule is CCC(CC)n1c(CCCl)nc2cc(OC)c(OC)cc21. The average Bonchev–Trinajstić information content (AvgIpc) is 2.85. The van der Waals surface area contributed by atoms with E-state index < -0.39 is 0 Å². The van der Waals surface area contributed by atoms with Crippen LogP contribution < -0.4 is 9.47 Å². The minimum atomic E-state index is 0.423. The summed E-state index contributed by atoms with van der Waals surface area (Å²) in [6, 6.07) is 4.37. The monoisotopic (exact) mass is 310 g/mol. The van der Waals surface area contributed by atoms with Gasteiger partial charge in [0.1, 0.15) is 5.82 Å². The first-order chi connectivity index (χ1) is 10.2. The minimum absolute atomic E-state index is 0.423. The quantitative estimate of drug-likeness (QED) is 0.719. The molecule has 0 spiro atoms. The summed E-state index contributed by atoms with van der Waals surface area (Å²) in [6.45, 7) is 4.40. The molecular formula is C16H23ClN2O2. The summed E-state index contributed by atoms with van der Waals surface area (Å²) >= 11 is 5.94. The van der Waals surface area contributed by atoms with Crippen molar-refractivity contribution in [3.63, 3.8) is 0 Å². The number of fused-ring (bicyclic) bond motifs is 1. The van der Waals surface area contributed by atoms with Crippen LogP contribution in [0.2, 0.25) is 0 Å². The molecule has 0 unspecified atom stereocenters. The Bertz CT molecular complexity index is 606. The van der Waals surface area contributed by atoms with Crippen LogP contribution in [0.25, 0.3) is 11.0 Å². The summed E-state index contributed by atoms with van der Waals surface area (Å²) < 4.78 is 13.1. The van der Waals surface area contributed by atoms with Crippen molar-refractivity contribution in [3.05, 3.63) is 18.0 Å². The van der Waals surface area contributed by atoms with E-state index in [9.17, 15) is 0 Å². The van der Waals surface area contributed by atoms with E-state index in [2.05, 4.69) is 18.4 Å². The molecule has 0 saturated heterocycles. The van der Waals surface area contributed by atoms with Crippen molar-refractivity contribution < 1.29 is 9.47 Å². The maximum absolute atomic E-state index is 5.94. The molecule has 0 N–H and O–H groups in total. The van der Waals surface area contributed by atoms with Crippen LogP contribution in [0.15, 0.2) is 12.1 Å². The molecule has 0 amide bonds. The first-order valence-corrected chi connectivity index (χ1v) is 7.92. The van der Waals surface area contributed by atoms with Crippen LogP contribution in [0.1, 0.15) is 38.6 Å². The predicted octanol–water partition coefficient (Wildman–Crippen LogP) is 4.20. The summed E-state index contributed by atoms with van der Waals surface area (Å²) in [5.74, 6) is 3.03. The van der Waals surface area contributed by atoms with Gasteiger partial charge in [-0.05, 0) is 12.8 Å². The minimum Gasteiger partial charge on any atom is -0.493 e. The van der Waals surface area contributed by atoms with Crippen molar-refractivity contribution >= 4 is 22.6 Å². The van der Waals surface area contributed by atoms with E-state index in [-0.39, 0.29) is 0 Å². The van der Waals surface area contributed by atoms with Crippen molar-refractivity contribution in [2.75, 3.05) is 20.1 Å². The van der Waals surface area contributed by atoms with E-state index in [4.69, 9.17) is 26.1 Å². The van der Waals surface area contributed by atoms with Gasteiger partial charge in [-0.2, -0.15) is 0 Å². The lowest BCUT2D eigenvalue weighted by Gasteiger charge is -2.19. The number of hydrogen-bond acceptors (Lipinski definition) is 3. The lowest BCUT2D eigenvalue weighted by atomic mass is 10.1. The van der Waals surface area contributed by atoms with Gasteiger partial charge in [0.15, 0.2) is 11.5 Å². The standard InChI is InChI=1S/C16H23ClN2O2/c1-5-11(6-2)19-13-10-15(21-4)14(20-3)9-12(13)18-16(19)7-8-17/h9-11H,5-8H2,1-4H3. The van der Waals surface area contributed by atoms with Gasteiger partial charge in [0.05, 0.1) is 25.3 Å². The van der Waals surface area contributed by atoms with Gasteiger partial charge in [-0.15, -0.1) is 11.6 Å². The lowest BCUT2D eigenvalue weighted by Crippen LogP contribution is -2.11. The molecule has 0 aliphatic rings. The second-order valence-electron chi connectivity index (χ2n) is 5.00. The normalized spacial score (nSPS) is 11.3. The summed E-state index contributed by atoms with van der Waals surface area (Å²) in [5.41, 5.74) is 2.01. The van der Waals surface area contributed by atoms with Gasteiger partial charge in [0.2, 0.25) is 0 Å². The van der Waals surface area contributed by atoms with Gasteiger partial charge in [0, 0.05) is 30.5 Å². The molecular weight excluding hydrogens is 288 g/mol. The number of methoxy groups -OCH3 is 2. The zero-order valence-corrected chi connectivity index (χ0v) is 13.9. The van der Waals surface area contributed by atoms with Crippen molar-refractivity contribution in [2.45, 2.75) is 39.2 Å². The molecule has 5 heteroatoms. The molecule has 0 atom stereocenters. The van der Waals surface area contributed by atoms with Gasteiger partial charge in [-0.25, -0.2) is 4.98 Å². The van der Waals surface area contributed by atoms with Crippen LogP contribution in [0.3, 0.4) is 0 Å². The zero-order chi connectivity index (χ0) is 15.4. The number of benzene rings is 1. The molecule has 0 aliphatic heterocycles. The van der Waals surface area contributed by atoms with Gasteiger partial charge >= 0.3 is 0 Å². The first-order valence-electron chi connectivity index (χ1n) is 7.38. The Morgan fingerprint density at radius 3 is 2.29 bits per heavy atom. The Hall–Kier alpha value is -1.42. The Balaban J connectivity index is 2.69. The molecule has 116 valence electrons. The maximum Gasteiger partial charge on any atom is 0.163 e. The van der Waals surface area contributed by atoms with Crippen molar-refractivity contribution in [1.82, 2.24) is 9.55 Å². The summed E-state index contributed by atoms with van der Waals surface area (Å²) in [4.78, 5) is 4.75. The fourth-order valence-corrected chi connectivity index (χ4v) is 2.96. The lowest BCUT2D eigenvalue weighted by molar-refractivity contribution is 0.355. The van der Waals surface area contributed by atoms with Crippen LogP contribution in [0.5, 0.6) is 11.5 Å². The average molecular weight is 311 g/mol. The number of halogens is 1. The van der Waals surface area contributed by atoms with Gasteiger partial charge in [-0.3, -0.25) is 0 Å². The molecule has 4 nitrogen and oxygen atoms in total. The van der Waals surface area contributed by atoms with E-state index in [1.54, 1.807) is 14.2 Å². The number of nitrogens with zero attached hydrogens (tertiary/aromatic N) is 2. The molecule has 0 fully saturated rings. The van der Waals surface area contributed by atoms with Crippen molar-refractivity contribution in [2.24, 2.45) is 0 Å². The van der Waals surface area contributed by atoms with E-state index in [1.807, 2.05) is 12.1 Å². The third-order valence-electron chi connectivity index (χ3n) is 3.89. The topological polar surface area (TPSA) is 36.3 Å². The molecule has 0 aliphatic carbocycles. The van der Waals surface area contributed by atoms with Crippen LogP contribution in [-0.4, -0.2) is 29.7 Å². The molecule has 2 rings (SSSR count). The number of rotatable bonds is 7. The van der Waals surface area contributed by atoms with Crippen molar-refractivity contribution in [1.29, 1.82) is 0 Å². The van der Waals surface area contributed by atoms with Crippen LogP contribution in [0, 0.1) is 0 Å². The fourth-order valence-electron chi connectivity index (χ4n) is 2.79. The highest BCUT2D eigenvalue weighted by molar-refractivity contribution is 6.17. The molecule has 2 aromatic rings. The van der Waals surface area contributed by atoms with Crippen LogP contribution >= 0.6 is 11.6 Å².